The molecule has 0 spiro atoms. The van der Waals surface area contributed by atoms with Gasteiger partial charge in [-0.1, -0.05) is 0 Å². The van der Waals surface area contributed by atoms with Gasteiger partial charge in [-0.25, -0.2) is 4.39 Å². The standard InChI is InChI=1S/C16H23FN2O4/c1-4-21-14(22-5-2)9-19-12-8-11(17)6-7-13(12)23-10(3)15(19)16(18)20/h6-8,10,14-15H,4-5,9H2,1-3H3,(H2,18,20). The Kier molecular flexibility index (Phi) is 5.79. The Bertz CT molecular complexity index is 549. The van der Waals surface area contributed by atoms with Crippen LogP contribution in [0.25, 0.3) is 0 Å². The van der Waals surface area contributed by atoms with Crippen LogP contribution in [0.4, 0.5) is 10.1 Å². The number of anilines is 1. The van der Waals surface area contributed by atoms with Crippen LogP contribution in [0.2, 0.25) is 0 Å². The smallest absolute Gasteiger partial charge is 0.243 e. The summed E-state index contributed by atoms with van der Waals surface area (Å²) >= 11 is 0. The minimum Gasteiger partial charge on any atom is -0.486 e. The van der Waals surface area contributed by atoms with E-state index in [1.165, 1.54) is 12.1 Å². The largest absolute Gasteiger partial charge is 0.486 e. The van der Waals surface area contributed by atoms with E-state index in [0.29, 0.717) is 24.7 Å². The zero-order valence-corrected chi connectivity index (χ0v) is 13.6. The third-order valence-electron chi connectivity index (χ3n) is 3.67. The molecule has 128 valence electrons. The molecule has 1 aromatic rings. The van der Waals surface area contributed by atoms with E-state index < -0.39 is 30.2 Å². The van der Waals surface area contributed by atoms with Gasteiger partial charge < -0.3 is 24.8 Å². The van der Waals surface area contributed by atoms with Crippen LogP contribution >= 0.6 is 0 Å². The molecule has 0 radical (unpaired) electrons. The summed E-state index contributed by atoms with van der Waals surface area (Å²) < 4.78 is 30.5. The van der Waals surface area contributed by atoms with Gasteiger partial charge in [-0.3, -0.25) is 4.79 Å². The lowest BCUT2D eigenvalue weighted by Crippen LogP contribution is -2.57. The van der Waals surface area contributed by atoms with Crippen LogP contribution < -0.4 is 15.4 Å². The van der Waals surface area contributed by atoms with Gasteiger partial charge in [-0.2, -0.15) is 0 Å². The first-order valence-corrected chi connectivity index (χ1v) is 7.73. The van der Waals surface area contributed by atoms with E-state index in [0.717, 1.165) is 0 Å². The van der Waals surface area contributed by atoms with Crippen LogP contribution in [0.1, 0.15) is 20.8 Å². The van der Waals surface area contributed by atoms with Crippen molar-refractivity contribution >= 4 is 11.6 Å². The molecule has 23 heavy (non-hydrogen) atoms. The number of carbonyl (C=O) groups excluding carboxylic acids is 1. The number of hydrogen-bond acceptors (Lipinski definition) is 5. The van der Waals surface area contributed by atoms with Gasteiger partial charge in [0.05, 0.1) is 12.2 Å². The highest BCUT2D eigenvalue weighted by Crippen LogP contribution is 2.37. The molecule has 1 aliphatic heterocycles. The van der Waals surface area contributed by atoms with Crippen molar-refractivity contribution in [1.29, 1.82) is 0 Å². The molecule has 7 heteroatoms. The summed E-state index contributed by atoms with van der Waals surface area (Å²) in [7, 11) is 0. The van der Waals surface area contributed by atoms with Crippen molar-refractivity contribution in [3.63, 3.8) is 0 Å². The van der Waals surface area contributed by atoms with E-state index >= 15 is 0 Å². The SMILES string of the molecule is CCOC(CN1c2cc(F)ccc2OC(C)C1C(N)=O)OCC. The predicted octanol–water partition coefficient (Wildman–Crippen LogP) is 1.67. The second-order valence-electron chi connectivity index (χ2n) is 5.27. The summed E-state index contributed by atoms with van der Waals surface area (Å²) in [6.07, 6.45) is -1.01. The highest BCUT2D eigenvalue weighted by atomic mass is 19.1. The highest BCUT2D eigenvalue weighted by molar-refractivity contribution is 5.86. The van der Waals surface area contributed by atoms with E-state index in [2.05, 4.69) is 0 Å². The molecule has 0 bridgehead atoms. The third kappa shape index (κ3) is 3.92. The Morgan fingerprint density at radius 3 is 2.61 bits per heavy atom. The fourth-order valence-corrected chi connectivity index (χ4v) is 2.77. The summed E-state index contributed by atoms with van der Waals surface area (Å²) in [4.78, 5) is 13.6. The van der Waals surface area contributed by atoms with Gasteiger partial charge in [0.1, 0.15) is 23.7 Å². The molecule has 0 aliphatic carbocycles. The fourth-order valence-electron chi connectivity index (χ4n) is 2.77. The van der Waals surface area contributed by atoms with Crippen LogP contribution in [0.15, 0.2) is 18.2 Å². The molecule has 1 amide bonds. The van der Waals surface area contributed by atoms with Gasteiger partial charge in [0, 0.05) is 19.3 Å². The van der Waals surface area contributed by atoms with Crippen molar-refractivity contribution < 1.29 is 23.4 Å². The molecule has 2 unspecified atom stereocenters. The average molecular weight is 326 g/mol. The number of rotatable bonds is 7. The molecular formula is C16H23FN2O4. The zero-order valence-electron chi connectivity index (χ0n) is 13.6. The fraction of sp³-hybridized carbons (Fsp3) is 0.562. The topological polar surface area (TPSA) is 74.0 Å². The zero-order chi connectivity index (χ0) is 17.0. The summed E-state index contributed by atoms with van der Waals surface area (Å²) in [5, 5.41) is 0. The lowest BCUT2D eigenvalue weighted by molar-refractivity contribution is -0.133. The summed E-state index contributed by atoms with van der Waals surface area (Å²) in [5.41, 5.74) is 6.00. The first-order chi connectivity index (χ1) is 11.0. The van der Waals surface area contributed by atoms with Gasteiger partial charge in [0.25, 0.3) is 0 Å². The van der Waals surface area contributed by atoms with E-state index in [1.807, 2.05) is 13.8 Å². The quantitative estimate of drug-likeness (QED) is 0.772. The monoisotopic (exact) mass is 326 g/mol. The van der Waals surface area contributed by atoms with Gasteiger partial charge in [-0.15, -0.1) is 0 Å². The number of benzene rings is 1. The Morgan fingerprint density at radius 1 is 1.39 bits per heavy atom. The number of nitrogens with zero attached hydrogens (tertiary/aromatic N) is 1. The number of amides is 1. The number of primary amides is 1. The maximum atomic E-state index is 13.7. The molecule has 2 rings (SSSR count). The molecular weight excluding hydrogens is 303 g/mol. The van der Waals surface area contributed by atoms with Gasteiger partial charge >= 0.3 is 0 Å². The van der Waals surface area contributed by atoms with E-state index in [-0.39, 0.29) is 6.54 Å². The van der Waals surface area contributed by atoms with Crippen LogP contribution in [-0.4, -0.2) is 44.1 Å². The van der Waals surface area contributed by atoms with Gasteiger partial charge in [0.15, 0.2) is 6.29 Å². The maximum absolute atomic E-state index is 13.7. The number of ether oxygens (including phenoxy) is 3. The second kappa shape index (κ2) is 7.61. The molecule has 0 fully saturated rings. The van der Waals surface area contributed by atoms with Gasteiger partial charge in [-0.05, 0) is 32.9 Å². The number of halogens is 1. The van der Waals surface area contributed by atoms with E-state index in [4.69, 9.17) is 19.9 Å². The van der Waals surface area contributed by atoms with E-state index in [1.54, 1.807) is 17.9 Å². The molecule has 2 N–H and O–H groups in total. The Hall–Kier alpha value is -1.86. The molecule has 2 atom stereocenters. The molecule has 1 aliphatic rings. The number of nitrogens with two attached hydrogens (primary N) is 1. The predicted molar refractivity (Wildman–Crippen MR) is 83.9 cm³/mol. The average Bonchev–Trinajstić information content (AvgIpc) is 2.48. The van der Waals surface area contributed by atoms with Crippen LogP contribution in [-0.2, 0) is 14.3 Å². The summed E-state index contributed by atoms with van der Waals surface area (Å²) in [6, 6.07) is 3.46. The molecule has 0 aromatic heterocycles. The van der Waals surface area contributed by atoms with E-state index in [9.17, 15) is 9.18 Å². The minimum atomic E-state index is -0.729. The van der Waals surface area contributed by atoms with Gasteiger partial charge in [0.2, 0.25) is 5.91 Å². The molecule has 0 saturated heterocycles. The highest BCUT2D eigenvalue weighted by Gasteiger charge is 2.38. The van der Waals surface area contributed by atoms with Crippen molar-refractivity contribution in [1.82, 2.24) is 0 Å². The second-order valence-corrected chi connectivity index (χ2v) is 5.27. The summed E-state index contributed by atoms with van der Waals surface area (Å²) in [5.74, 6) is -0.457. The maximum Gasteiger partial charge on any atom is 0.243 e. The van der Waals surface area contributed by atoms with Crippen molar-refractivity contribution in [2.24, 2.45) is 5.73 Å². The molecule has 6 nitrogen and oxygen atoms in total. The Morgan fingerprint density at radius 2 is 2.04 bits per heavy atom. The normalized spacial score (nSPS) is 20.3. The minimum absolute atomic E-state index is 0.249. The first-order valence-electron chi connectivity index (χ1n) is 7.73. The van der Waals surface area contributed by atoms with Crippen molar-refractivity contribution in [3.05, 3.63) is 24.0 Å². The Labute approximate surface area is 135 Å². The third-order valence-corrected chi connectivity index (χ3v) is 3.67. The van der Waals surface area contributed by atoms with Crippen LogP contribution in [0.5, 0.6) is 5.75 Å². The molecule has 1 aromatic carbocycles. The molecule has 1 heterocycles. The number of hydrogen-bond donors (Lipinski definition) is 1. The van der Waals surface area contributed by atoms with Crippen LogP contribution in [0, 0.1) is 5.82 Å². The summed E-state index contributed by atoms with van der Waals surface area (Å²) in [6.45, 7) is 6.63. The van der Waals surface area contributed by atoms with Crippen molar-refractivity contribution in [2.45, 2.75) is 39.2 Å². The lowest BCUT2D eigenvalue weighted by atomic mass is 10.0. The Balaban J connectivity index is 2.37. The first kappa shape index (κ1) is 17.5. The van der Waals surface area contributed by atoms with Crippen molar-refractivity contribution in [3.8, 4) is 5.75 Å². The number of carbonyl (C=O) groups is 1. The lowest BCUT2D eigenvalue weighted by Gasteiger charge is -2.41. The molecule has 0 saturated carbocycles. The number of fused-ring (bicyclic) bond motifs is 1. The van der Waals surface area contributed by atoms with Crippen LogP contribution in [0.3, 0.4) is 0 Å². The van der Waals surface area contributed by atoms with Crippen molar-refractivity contribution in [2.75, 3.05) is 24.7 Å².